The largest absolute Gasteiger partial charge is 0.492 e. The van der Waals surface area contributed by atoms with Gasteiger partial charge in [0.05, 0.1) is 12.8 Å². The van der Waals surface area contributed by atoms with Crippen molar-refractivity contribution in [1.82, 2.24) is 19.7 Å². The van der Waals surface area contributed by atoms with Crippen molar-refractivity contribution in [2.75, 3.05) is 37.9 Å². The molecule has 1 unspecified atom stereocenters. The van der Waals surface area contributed by atoms with Crippen LogP contribution in [0.4, 0.5) is 11.5 Å². The number of benzene rings is 2. The summed E-state index contributed by atoms with van der Waals surface area (Å²) in [6.07, 6.45) is 9.77. The highest BCUT2D eigenvalue weighted by Crippen LogP contribution is 2.40. The van der Waals surface area contributed by atoms with Crippen molar-refractivity contribution in [3.8, 4) is 16.9 Å². The van der Waals surface area contributed by atoms with E-state index in [1.807, 2.05) is 85.9 Å². The molecule has 1 atom stereocenters. The number of pyridine rings is 1. The van der Waals surface area contributed by atoms with Crippen molar-refractivity contribution in [2.45, 2.75) is 45.0 Å². The van der Waals surface area contributed by atoms with E-state index in [-0.39, 0.29) is 12.1 Å². The van der Waals surface area contributed by atoms with E-state index in [1.165, 1.54) is 0 Å². The number of carbonyl (C=O) groups is 1. The molecule has 2 aromatic carbocycles. The fourth-order valence-electron chi connectivity index (χ4n) is 5.44. The van der Waals surface area contributed by atoms with Gasteiger partial charge in [-0.2, -0.15) is 5.10 Å². The summed E-state index contributed by atoms with van der Waals surface area (Å²) in [5.41, 5.74) is 6.54. The van der Waals surface area contributed by atoms with Gasteiger partial charge in [-0.3, -0.25) is 4.79 Å². The molecule has 0 bridgehead atoms. The number of fused-ring (bicyclic) bond motifs is 1. The number of hydrogen-bond donors (Lipinski definition) is 2. The van der Waals surface area contributed by atoms with Gasteiger partial charge in [0.15, 0.2) is 0 Å². The molecule has 2 N–H and O–H groups in total. The van der Waals surface area contributed by atoms with E-state index in [9.17, 15) is 4.79 Å². The Morgan fingerprint density at radius 3 is 2.80 bits per heavy atom. The van der Waals surface area contributed by atoms with E-state index in [0.717, 1.165) is 83.9 Å². The number of amides is 1. The number of nitrogens with zero attached hydrogens (tertiary/aromatic N) is 4. The van der Waals surface area contributed by atoms with Crippen molar-refractivity contribution in [2.24, 2.45) is 0 Å². The van der Waals surface area contributed by atoms with Crippen molar-refractivity contribution in [3.05, 3.63) is 89.4 Å². The first-order chi connectivity index (χ1) is 20.0. The van der Waals surface area contributed by atoms with Gasteiger partial charge in [-0.15, -0.1) is 0 Å². The zero-order valence-corrected chi connectivity index (χ0v) is 23.6. The fourth-order valence-corrected chi connectivity index (χ4v) is 5.44. The smallest absolute Gasteiger partial charge is 0.255 e. The Hall–Kier alpha value is -4.21. The summed E-state index contributed by atoms with van der Waals surface area (Å²) in [4.78, 5) is 19.8. The third kappa shape index (κ3) is 6.26. The minimum Gasteiger partial charge on any atom is -0.492 e. The van der Waals surface area contributed by atoms with E-state index < -0.39 is 0 Å². The van der Waals surface area contributed by atoms with Gasteiger partial charge in [-0.05, 0) is 68.8 Å². The summed E-state index contributed by atoms with van der Waals surface area (Å²) in [6.45, 7) is 2.75. The molecule has 2 aliphatic rings. The highest BCUT2D eigenvalue weighted by atomic mass is 16.5. The van der Waals surface area contributed by atoms with Crippen LogP contribution in [0.2, 0.25) is 0 Å². The predicted molar refractivity (Wildman–Crippen MR) is 159 cm³/mol. The maximum atomic E-state index is 12.9. The number of aromatic nitrogens is 3. The number of ether oxygens (including phenoxy) is 2. The summed E-state index contributed by atoms with van der Waals surface area (Å²) >= 11 is 0. The summed E-state index contributed by atoms with van der Waals surface area (Å²) in [6, 6.07) is 15.6. The quantitative estimate of drug-likeness (QED) is 0.283. The van der Waals surface area contributed by atoms with Gasteiger partial charge in [0, 0.05) is 66.5 Å². The molecule has 1 amide bonds. The summed E-state index contributed by atoms with van der Waals surface area (Å²) in [7, 11) is 4.03. The highest BCUT2D eigenvalue weighted by molar-refractivity contribution is 6.04. The lowest BCUT2D eigenvalue weighted by atomic mass is 10.1. The first-order valence-electron chi connectivity index (χ1n) is 14.2. The van der Waals surface area contributed by atoms with E-state index in [2.05, 4.69) is 20.6 Å². The van der Waals surface area contributed by atoms with Crippen molar-refractivity contribution >= 4 is 17.4 Å². The number of nitrogens with one attached hydrogen (secondary N) is 2. The van der Waals surface area contributed by atoms with Crippen LogP contribution in [0.15, 0.2) is 67.1 Å². The van der Waals surface area contributed by atoms with E-state index in [4.69, 9.17) is 14.5 Å². The molecule has 1 fully saturated rings. The molecule has 1 saturated heterocycles. The van der Waals surface area contributed by atoms with Crippen LogP contribution in [0.25, 0.3) is 11.1 Å². The van der Waals surface area contributed by atoms with Crippen LogP contribution in [0.5, 0.6) is 5.75 Å². The molecule has 4 aromatic rings. The molecule has 0 aliphatic carbocycles. The lowest BCUT2D eigenvalue weighted by Gasteiger charge is -2.22. The zero-order chi connectivity index (χ0) is 28.2. The van der Waals surface area contributed by atoms with Crippen molar-refractivity contribution in [1.29, 1.82) is 0 Å². The second kappa shape index (κ2) is 12.1. The van der Waals surface area contributed by atoms with Gasteiger partial charge in [0.25, 0.3) is 5.91 Å². The first kappa shape index (κ1) is 27.0. The molecule has 212 valence electrons. The Balaban J connectivity index is 1.13. The summed E-state index contributed by atoms with van der Waals surface area (Å²) < 4.78 is 13.9. The van der Waals surface area contributed by atoms with Crippen molar-refractivity contribution < 1.29 is 14.3 Å². The van der Waals surface area contributed by atoms with Crippen LogP contribution in [-0.2, 0) is 24.2 Å². The Kier molecular flexibility index (Phi) is 7.98. The van der Waals surface area contributed by atoms with Crippen LogP contribution in [0, 0.1) is 0 Å². The Morgan fingerprint density at radius 2 is 1.95 bits per heavy atom. The average Bonchev–Trinajstić information content (AvgIpc) is 3.68. The first-order valence-corrected chi connectivity index (χ1v) is 14.2. The van der Waals surface area contributed by atoms with E-state index >= 15 is 0 Å². The Bertz CT molecular complexity index is 1530. The van der Waals surface area contributed by atoms with Crippen molar-refractivity contribution in [3.63, 3.8) is 0 Å². The van der Waals surface area contributed by atoms with Gasteiger partial charge in [0.2, 0.25) is 0 Å². The molecular formula is C32H36N6O3. The minimum atomic E-state index is -0.124. The monoisotopic (exact) mass is 552 g/mol. The number of anilines is 2. The molecule has 0 saturated carbocycles. The maximum Gasteiger partial charge on any atom is 0.255 e. The molecule has 6 rings (SSSR count). The number of carbonyl (C=O) groups excluding carboxylic acids is 1. The van der Waals surface area contributed by atoms with Crippen LogP contribution in [-0.4, -0.2) is 52.9 Å². The Morgan fingerprint density at radius 1 is 1.07 bits per heavy atom. The second-order valence-electron chi connectivity index (χ2n) is 10.9. The molecule has 0 radical (unpaired) electrons. The summed E-state index contributed by atoms with van der Waals surface area (Å²) in [5, 5.41) is 11.1. The van der Waals surface area contributed by atoms with Gasteiger partial charge in [-0.25, -0.2) is 9.67 Å². The third-order valence-electron chi connectivity index (χ3n) is 7.42. The molecule has 0 spiro atoms. The minimum absolute atomic E-state index is 0.00541. The second-order valence-corrected chi connectivity index (χ2v) is 10.9. The number of hydrogen-bond acceptors (Lipinski definition) is 7. The summed E-state index contributed by atoms with van der Waals surface area (Å²) in [5.74, 6) is 1.56. The third-order valence-corrected chi connectivity index (χ3v) is 7.42. The standard InChI is InChI=1S/C32H36N6O3/c1-37(2)20-23-8-5-9-24(15-23)32(39)36-26-10-6-7-22(16-26)17-33-31-27-12-14-41-30(27)28(19-34-31)25-18-35-38(21-25)29-11-3-4-13-40-29/h5-10,15-16,18-19,21,29H,3-4,11-14,17,20H2,1-2H3,(H,33,34)(H,36,39). The van der Waals surface area contributed by atoms with E-state index in [0.29, 0.717) is 18.7 Å². The van der Waals surface area contributed by atoms with Gasteiger partial charge < -0.3 is 25.0 Å². The van der Waals surface area contributed by atoms with E-state index in [1.54, 1.807) is 0 Å². The molecular weight excluding hydrogens is 516 g/mol. The normalized spacial score (nSPS) is 16.3. The Labute approximate surface area is 240 Å². The van der Waals surface area contributed by atoms with Crippen LogP contribution >= 0.6 is 0 Å². The van der Waals surface area contributed by atoms with Gasteiger partial charge in [0.1, 0.15) is 17.8 Å². The lowest BCUT2D eigenvalue weighted by Crippen LogP contribution is -2.18. The molecule has 4 heterocycles. The molecule has 2 aliphatic heterocycles. The van der Waals surface area contributed by atoms with Crippen LogP contribution in [0.3, 0.4) is 0 Å². The van der Waals surface area contributed by atoms with Gasteiger partial charge in [-0.1, -0.05) is 24.3 Å². The molecule has 2 aromatic heterocycles. The topological polar surface area (TPSA) is 93.5 Å². The SMILES string of the molecule is CN(C)Cc1cccc(C(=O)Nc2cccc(CNc3ncc(-c4cnn(C5CCCCO5)c4)c4c3CCO4)c2)c1. The fraction of sp³-hybridized carbons (Fsp3) is 0.344. The average molecular weight is 553 g/mol. The predicted octanol–water partition coefficient (Wildman–Crippen LogP) is 5.51. The van der Waals surface area contributed by atoms with Crippen LogP contribution < -0.4 is 15.4 Å². The molecule has 41 heavy (non-hydrogen) atoms. The molecule has 9 heteroatoms. The maximum absolute atomic E-state index is 12.9. The van der Waals surface area contributed by atoms with Gasteiger partial charge >= 0.3 is 0 Å². The van der Waals surface area contributed by atoms with Crippen LogP contribution in [0.1, 0.15) is 52.5 Å². The number of rotatable bonds is 9. The zero-order valence-electron chi connectivity index (χ0n) is 23.6. The lowest BCUT2D eigenvalue weighted by molar-refractivity contribution is -0.0394. The molecule has 9 nitrogen and oxygen atoms in total. The highest BCUT2D eigenvalue weighted by Gasteiger charge is 2.24.